The Hall–Kier alpha value is -0.0201. The van der Waals surface area contributed by atoms with E-state index in [1.807, 2.05) is 18.2 Å². The van der Waals surface area contributed by atoms with Gasteiger partial charge in [0, 0.05) is 0 Å². The average Bonchev–Trinajstić information content (AvgIpc) is 2.30. The predicted molar refractivity (Wildman–Crippen MR) is 73.7 cm³/mol. The Morgan fingerprint density at radius 1 is 1.44 bits per heavy atom. The Morgan fingerprint density at radius 2 is 1.94 bits per heavy atom. The van der Waals surface area contributed by atoms with Crippen LogP contribution < -0.4 is 5.73 Å². The molecule has 4 heteroatoms. The van der Waals surface area contributed by atoms with E-state index in [-0.39, 0.29) is 27.5 Å². The van der Waals surface area contributed by atoms with E-state index in [0.717, 1.165) is 11.5 Å². The molecule has 0 fully saturated rings. The van der Waals surface area contributed by atoms with Crippen LogP contribution in [0.25, 0.3) is 0 Å². The van der Waals surface area contributed by atoms with Crippen LogP contribution in [0, 0.1) is 5.82 Å². The fourth-order valence-corrected chi connectivity index (χ4v) is 1.47. The number of benzene rings is 1. The minimum atomic E-state index is -0.169. The van der Waals surface area contributed by atoms with Crippen LogP contribution >= 0.6 is 0 Å². The summed E-state index contributed by atoms with van der Waals surface area (Å²) in [7, 11) is 1.50. The third-order valence-corrected chi connectivity index (χ3v) is 2.29. The molecule has 0 spiro atoms. The van der Waals surface area contributed by atoms with Crippen molar-refractivity contribution >= 4 is 35.1 Å². The van der Waals surface area contributed by atoms with Crippen molar-refractivity contribution in [2.45, 2.75) is 17.4 Å². The van der Waals surface area contributed by atoms with E-state index in [0.29, 0.717) is 5.92 Å². The summed E-state index contributed by atoms with van der Waals surface area (Å²) in [5.41, 5.74) is 5.70. The molecule has 0 radical (unpaired) electrons. The van der Waals surface area contributed by atoms with Crippen LogP contribution in [0.4, 0.5) is 4.39 Å². The van der Waals surface area contributed by atoms with Gasteiger partial charge in [-0.25, -0.2) is 0 Å². The van der Waals surface area contributed by atoms with Crippen molar-refractivity contribution in [2.75, 3.05) is 7.05 Å². The van der Waals surface area contributed by atoms with E-state index in [1.54, 1.807) is 0 Å². The second kappa shape index (κ2) is 11.5. The van der Waals surface area contributed by atoms with E-state index in [2.05, 4.69) is 30.0 Å². The first-order valence-corrected chi connectivity index (χ1v) is 5.22. The van der Waals surface area contributed by atoms with Crippen LogP contribution in [-0.4, -0.2) is 42.1 Å². The fourth-order valence-electron chi connectivity index (χ4n) is 1.47. The molecule has 1 aromatic rings. The maximum atomic E-state index is 12.6. The van der Waals surface area contributed by atoms with Gasteiger partial charge in [0.2, 0.25) is 0 Å². The molecule has 0 aliphatic heterocycles. The molecule has 84 valence electrons. The Bertz CT molecular complexity index is 289. The second-order valence-electron chi connectivity index (χ2n) is 3.18. The van der Waals surface area contributed by atoms with E-state index in [9.17, 15) is 4.39 Å². The van der Waals surface area contributed by atoms with Crippen LogP contribution in [0.3, 0.4) is 0 Å². The quantitative estimate of drug-likeness (QED) is 0.625. The first-order chi connectivity index (χ1) is 7.27. The Morgan fingerprint density at radius 3 is 2.31 bits per heavy atom. The molecule has 1 aromatic carbocycles. The van der Waals surface area contributed by atoms with E-state index >= 15 is 0 Å². The summed E-state index contributed by atoms with van der Waals surface area (Å²) in [6.45, 7) is 3.72. The Kier molecular flexibility index (Phi) is 13.1. The Balaban J connectivity index is -0.000000104. The van der Waals surface area contributed by atoms with Gasteiger partial charge in [-0.05, 0) is 7.05 Å². The minimum absolute atomic E-state index is 0. The van der Waals surface area contributed by atoms with Gasteiger partial charge in [0.25, 0.3) is 0 Å². The molecule has 16 heavy (non-hydrogen) atoms. The molecule has 0 saturated heterocycles. The van der Waals surface area contributed by atoms with Gasteiger partial charge in [0.15, 0.2) is 0 Å². The van der Waals surface area contributed by atoms with Crippen LogP contribution in [0.15, 0.2) is 36.9 Å². The zero-order valence-electron chi connectivity index (χ0n) is 13.1. The fraction of sp³-hybridized carbons (Fsp3) is 0.333. The molecule has 0 heterocycles. The van der Waals surface area contributed by atoms with Crippen LogP contribution in [0.5, 0.6) is 0 Å². The summed E-state index contributed by atoms with van der Waals surface area (Å²) in [6.07, 6.45) is 2.87. The zero-order valence-corrected chi connectivity index (χ0v) is 11.3. The van der Waals surface area contributed by atoms with Crippen molar-refractivity contribution < 1.29 is 8.67 Å². The third-order valence-electron chi connectivity index (χ3n) is 2.29. The molecule has 0 aromatic heterocycles. The second-order valence-corrected chi connectivity index (χ2v) is 3.18. The van der Waals surface area contributed by atoms with Gasteiger partial charge in [-0.2, -0.15) is 0 Å². The molecule has 1 nitrogen and oxygen atoms in total. The summed E-state index contributed by atoms with van der Waals surface area (Å²) in [4.78, 5) is 0. The number of nitrogens with two attached hydrogens (primary N) is 1. The van der Waals surface area contributed by atoms with Gasteiger partial charge in [-0.1, -0.05) is 0 Å². The molecule has 0 aliphatic rings. The molecule has 1 rings (SSSR count). The SMILES string of the molecule is CN.[Al+3].[H-].[H-].[H-].[Li][CH2]C(CC=C)c1ccc(F)cc1. The standard InChI is InChI=1S/C11H12F.CH5N.Al.Li.3H/c1-3-4-9(2)10-5-7-11(12)8-6-10;1-2;;;;;/h3,5-9H,1-2,4H2;2H2,1H3;;;;;/q;;+3;;3*-1. The summed E-state index contributed by atoms with van der Waals surface area (Å²) in [5, 5.41) is 1.07. The molecule has 2 N–H and O–H groups in total. The topological polar surface area (TPSA) is 26.0 Å². The average molecular weight is 231 g/mol. The van der Waals surface area contributed by atoms with E-state index in [4.69, 9.17) is 0 Å². The van der Waals surface area contributed by atoms with Gasteiger partial charge in [0.1, 0.15) is 0 Å². The molecule has 1 atom stereocenters. The molecule has 1 unspecified atom stereocenters. The predicted octanol–water partition coefficient (Wildman–Crippen LogP) is 2.60. The molecule has 0 saturated carbocycles. The number of hydrogen-bond acceptors (Lipinski definition) is 1. The molecule has 0 aliphatic carbocycles. The van der Waals surface area contributed by atoms with Crippen molar-refractivity contribution in [3.63, 3.8) is 0 Å². The monoisotopic (exact) mass is 231 g/mol. The van der Waals surface area contributed by atoms with Gasteiger partial charge in [-0.15, -0.1) is 0 Å². The molecular weight excluding hydrogens is 211 g/mol. The van der Waals surface area contributed by atoms with Crippen molar-refractivity contribution in [1.29, 1.82) is 0 Å². The van der Waals surface area contributed by atoms with Crippen molar-refractivity contribution in [3.05, 3.63) is 48.3 Å². The summed E-state index contributed by atoms with van der Waals surface area (Å²) in [6, 6.07) is 6.74. The first kappa shape index (κ1) is 18.3. The summed E-state index contributed by atoms with van der Waals surface area (Å²) in [5.74, 6) is 0.315. The number of allylic oxidation sites excluding steroid dienone is 1. The molecule has 0 amide bonds. The van der Waals surface area contributed by atoms with Crippen LogP contribution in [-0.2, 0) is 0 Å². The van der Waals surface area contributed by atoms with Crippen molar-refractivity contribution in [2.24, 2.45) is 5.73 Å². The molecule has 0 bridgehead atoms. The molecular formula is C12H20AlFLiN. The van der Waals surface area contributed by atoms with Crippen molar-refractivity contribution in [3.8, 4) is 0 Å². The van der Waals surface area contributed by atoms with E-state index < -0.39 is 0 Å². The van der Waals surface area contributed by atoms with Gasteiger partial charge in [0.05, 0.1) is 0 Å². The van der Waals surface area contributed by atoms with Gasteiger partial charge < -0.3 is 10.0 Å². The van der Waals surface area contributed by atoms with E-state index in [1.165, 1.54) is 24.7 Å². The van der Waals surface area contributed by atoms with Crippen LogP contribution in [0.1, 0.15) is 22.2 Å². The number of halogens is 1. The number of rotatable bonds is 4. The first-order valence-electron chi connectivity index (χ1n) is 5.22. The number of hydrogen-bond donors (Lipinski definition) is 1. The normalized spacial score (nSPS) is 10.6. The van der Waals surface area contributed by atoms with Gasteiger partial charge >= 0.3 is 105 Å². The zero-order chi connectivity index (χ0) is 11.7. The Labute approximate surface area is 122 Å². The summed E-state index contributed by atoms with van der Waals surface area (Å²) >= 11 is 2.14. The van der Waals surface area contributed by atoms with Crippen molar-refractivity contribution in [1.82, 2.24) is 0 Å². The van der Waals surface area contributed by atoms with Gasteiger partial charge in [-0.3, -0.25) is 0 Å². The maximum absolute atomic E-state index is 12.6. The summed E-state index contributed by atoms with van der Waals surface area (Å²) < 4.78 is 12.6. The van der Waals surface area contributed by atoms with Crippen LogP contribution in [0.2, 0.25) is 5.09 Å². The third kappa shape index (κ3) is 6.54.